The summed E-state index contributed by atoms with van der Waals surface area (Å²) < 4.78 is 5.36. The fraction of sp³-hybridized carbons (Fsp3) is 0.600. The zero-order valence-corrected chi connectivity index (χ0v) is 11.7. The van der Waals surface area contributed by atoms with Crippen LogP contribution in [0.15, 0.2) is 28.4 Å². The number of hydrogen-bond donors (Lipinski definition) is 1. The van der Waals surface area contributed by atoms with Crippen LogP contribution in [0, 0.1) is 5.41 Å². The lowest BCUT2D eigenvalue weighted by molar-refractivity contribution is 0.269. The molecule has 0 saturated carbocycles. The molecule has 0 bridgehead atoms. The Labute approximate surface area is 110 Å². The number of nitrogens with two attached hydrogens (primary N) is 1. The van der Waals surface area contributed by atoms with Gasteiger partial charge in [0.05, 0.1) is 12.8 Å². The van der Waals surface area contributed by atoms with Gasteiger partial charge in [-0.2, -0.15) is 0 Å². The predicted octanol–water partition coefficient (Wildman–Crippen LogP) is 2.92. The van der Waals surface area contributed by atoms with Crippen LogP contribution in [0.5, 0.6) is 0 Å². The Morgan fingerprint density at radius 1 is 1.39 bits per heavy atom. The van der Waals surface area contributed by atoms with Gasteiger partial charge in [0.15, 0.2) is 0 Å². The van der Waals surface area contributed by atoms with E-state index in [1.165, 1.54) is 12.0 Å². The molecular formula is C15H24N2O. The van der Waals surface area contributed by atoms with Crippen LogP contribution in [-0.4, -0.2) is 18.0 Å². The van der Waals surface area contributed by atoms with E-state index in [1.54, 1.807) is 11.8 Å². The lowest BCUT2D eigenvalue weighted by atomic mass is 9.83. The van der Waals surface area contributed by atoms with E-state index in [0.717, 1.165) is 25.4 Å². The highest BCUT2D eigenvalue weighted by atomic mass is 16.3. The quantitative estimate of drug-likeness (QED) is 0.836. The summed E-state index contributed by atoms with van der Waals surface area (Å²) in [5.41, 5.74) is 8.77. The second kappa shape index (κ2) is 5.29. The van der Waals surface area contributed by atoms with Crippen molar-refractivity contribution < 1.29 is 4.42 Å². The summed E-state index contributed by atoms with van der Waals surface area (Å²) in [5, 5.41) is 0. The zero-order chi connectivity index (χ0) is 13.2. The van der Waals surface area contributed by atoms with Crippen molar-refractivity contribution in [1.82, 2.24) is 4.90 Å². The molecule has 0 unspecified atom stereocenters. The number of nitrogens with zero attached hydrogens (tertiary/aromatic N) is 1. The number of hydrogen-bond acceptors (Lipinski definition) is 3. The standard InChI is InChI=1S/C15H24N2O/c1-15(2,3)13-4-7-17(8-5-13)11-12-6-9-18-14(12)10-16/h4,6,9H,5,7-8,10-11,16H2,1-3H3. The topological polar surface area (TPSA) is 42.4 Å². The minimum Gasteiger partial charge on any atom is -0.468 e. The number of rotatable bonds is 3. The molecule has 0 radical (unpaired) electrons. The second-order valence-electron chi connectivity index (χ2n) is 6.04. The van der Waals surface area contributed by atoms with Gasteiger partial charge in [0, 0.05) is 25.2 Å². The van der Waals surface area contributed by atoms with Gasteiger partial charge in [-0.25, -0.2) is 0 Å². The van der Waals surface area contributed by atoms with Gasteiger partial charge in [0.2, 0.25) is 0 Å². The summed E-state index contributed by atoms with van der Waals surface area (Å²) in [6.45, 7) is 10.4. The first kappa shape index (κ1) is 13.4. The van der Waals surface area contributed by atoms with Gasteiger partial charge >= 0.3 is 0 Å². The molecule has 0 aliphatic carbocycles. The molecule has 2 heterocycles. The van der Waals surface area contributed by atoms with Crippen molar-refractivity contribution in [3.63, 3.8) is 0 Å². The molecule has 2 N–H and O–H groups in total. The third-order valence-corrected chi connectivity index (χ3v) is 3.67. The van der Waals surface area contributed by atoms with Crippen molar-refractivity contribution in [2.24, 2.45) is 11.1 Å². The zero-order valence-electron chi connectivity index (χ0n) is 11.7. The van der Waals surface area contributed by atoms with E-state index in [4.69, 9.17) is 10.2 Å². The van der Waals surface area contributed by atoms with Crippen molar-refractivity contribution in [3.05, 3.63) is 35.3 Å². The lowest BCUT2D eigenvalue weighted by Gasteiger charge is -2.32. The van der Waals surface area contributed by atoms with Gasteiger partial charge in [-0.15, -0.1) is 0 Å². The lowest BCUT2D eigenvalue weighted by Crippen LogP contribution is -2.31. The van der Waals surface area contributed by atoms with Crippen LogP contribution in [0.4, 0.5) is 0 Å². The van der Waals surface area contributed by atoms with E-state index in [0.29, 0.717) is 12.0 Å². The molecule has 3 heteroatoms. The van der Waals surface area contributed by atoms with Gasteiger partial charge in [-0.05, 0) is 17.9 Å². The summed E-state index contributed by atoms with van der Waals surface area (Å²) in [7, 11) is 0. The Bertz CT molecular complexity index is 426. The molecular weight excluding hydrogens is 224 g/mol. The monoisotopic (exact) mass is 248 g/mol. The third-order valence-electron chi connectivity index (χ3n) is 3.67. The fourth-order valence-corrected chi connectivity index (χ4v) is 2.46. The smallest absolute Gasteiger partial charge is 0.121 e. The molecule has 0 aromatic carbocycles. The molecule has 1 aliphatic heterocycles. The van der Waals surface area contributed by atoms with Crippen molar-refractivity contribution in [3.8, 4) is 0 Å². The molecule has 2 rings (SSSR count). The van der Waals surface area contributed by atoms with Crippen LogP contribution >= 0.6 is 0 Å². The van der Waals surface area contributed by atoms with Crippen molar-refractivity contribution in [2.75, 3.05) is 13.1 Å². The Hall–Kier alpha value is -1.06. The molecule has 100 valence electrons. The highest BCUT2D eigenvalue weighted by molar-refractivity contribution is 5.19. The molecule has 0 atom stereocenters. The maximum atomic E-state index is 5.66. The van der Waals surface area contributed by atoms with E-state index in [1.807, 2.05) is 6.07 Å². The normalized spacial score (nSPS) is 17.9. The SMILES string of the molecule is CC(C)(C)C1=CCN(Cc2ccoc2CN)CC1. The van der Waals surface area contributed by atoms with Crippen LogP contribution in [0.2, 0.25) is 0 Å². The maximum Gasteiger partial charge on any atom is 0.121 e. The van der Waals surface area contributed by atoms with Crippen LogP contribution in [-0.2, 0) is 13.1 Å². The van der Waals surface area contributed by atoms with Crippen LogP contribution in [0.1, 0.15) is 38.5 Å². The average Bonchev–Trinajstić information content (AvgIpc) is 2.76. The van der Waals surface area contributed by atoms with E-state index < -0.39 is 0 Å². The molecule has 1 aromatic heterocycles. The fourth-order valence-electron chi connectivity index (χ4n) is 2.46. The van der Waals surface area contributed by atoms with Gasteiger partial charge in [0.25, 0.3) is 0 Å². The van der Waals surface area contributed by atoms with Gasteiger partial charge in [-0.1, -0.05) is 32.4 Å². The summed E-state index contributed by atoms with van der Waals surface area (Å²) >= 11 is 0. The van der Waals surface area contributed by atoms with Crippen molar-refractivity contribution >= 4 is 0 Å². The first-order valence-electron chi connectivity index (χ1n) is 6.68. The molecule has 1 aliphatic rings. The highest BCUT2D eigenvalue weighted by Gasteiger charge is 2.21. The van der Waals surface area contributed by atoms with Crippen molar-refractivity contribution in [1.29, 1.82) is 0 Å². The van der Waals surface area contributed by atoms with E-state index >= 15 is 0 Å². The van der Waals surface area contributed by atoms with Crippen LogP contribution in [0.3, 0.4) is 0 Å². The van der Waals surface area contributed by atoms with Gasteiger partial charge in [0.1, 0.15) is 5.76 Å². The minimum absolute atomic E-state index is 0.310. The molecule has 0 saturated heterocycles. The molecule has 3 nitrogen and oxygen atoms in total. The Balaban J connectivity index is 1.97. The van der Waals surface area contributed by atoms with Crippen molar-refractivity contribution in [2.45, 2.75) is 40.3 Å². The molecule has 0 amide bonds. The Morgan fingerprint density at radius 2 is 2.17 bits per heavy atom. The second-order valence-corrected chi connectivity index (χ2v) is 6.04. The Kier molecular flexibility index (Phi) is 3.93. The Morgan fingerprint density at radius 3 is 2.72 bits per heavy atom. The molecule has 18 heavy (non-hydrogen) atoms. The van der Waals surface area contributed by atoms with E-state index in [9.17, 15) is 0 Å². The highest BCUT2D eigenvalue weighted by Crippen LogP contribution is 2.30. The van der Waals surface area contributed by atoms with E-state index in [-0.39, 0.29) is 0 Å². The number of furan rings is 1. The largest absolute Gasteiger partial charge is 0.468 e. The molecule has 0 fully saturated rings. The first-order chi connectivity index (χ1) is 8.50. The summed E-state index contributed by atoms with van der Waals surface area (Å²) in [5.74, 6) is 0.917. The van der Waals surface area contributed by atoms with E-state index in [2.05, 4.69) is 31.7 Å². The average molecular weight is 248 g/mol. The van der Waals surface area contributed by atoms with Crippen LogP contribution < -0.4 is 5.73 Å². The molecule has 1 aromatic rings. The minimum atomic E-state index is 0.310. The van der Waals surface area contributed by atoms with Gasteiger partial charge < -0.3 is 10.2 Å². The van der Waals surface area contributed by atoms with Crippen LogP contribution in [0.25, 0.3) is 0 Å². The van der Waals surface area contributed by atoms with Gasteiger partial charge in [-0.3, -0.25) is 4.90 Å². The maximum absolute atomic E-state index is 5.66. The summed E-state index contributed by atoms with van der Waals surface area (Å²) in [6.07, 6.45) is 5.28. The predicted molar refractivity (Wildman–Crippen MR) is 74.0 cm³/mol. The summed E-state index contributed by atoms with van der Waals surface area (Å²) in [6, 6.07) is 2.03. The third kappa shape index (κ3) is 3.03. The summed E-state index contributed by atoms with van der Waals surface area (Å²) in [4.78, 5) is 2.44. The first-order valence-corrected chi connectivity index (χ1v) is 6.68. The molecule has 0 spiro atoms.